The fourth-order valence-corrected chi connectivity index (χ4v) is 3.84. The minimum absolute atomic E-state index is 0.0902. The molecule has 1 fully saturated rings. The zero-order chi connectivity index (χ0) is 19.9. The number of rotatable bonds is 7. The van der Waals surface area contributed by atoms with E-state index in [0.29, 0.717) is 13.0 Å². The van der Waals surface area contributed by atoms with Gasteiger partial charge in [0.2, 0.25) is 11.9 Å². The predicted molar refractivity (Wildman–Crippen MR) is 116 cm³/mol. The molecule has 1 amide bonds. The van der Waals surface area contributed by atoms with Gasteiger partial charge in [0.25, 0.3) is 0 Å². The van der Waals surface area contributed by atoms with Crippen LogP contribution in [0.4, 0.5) is 5.95 Å². The molecule has 2 heterocycles. The van der Waals surface area contributed by atoms with Crippen LogP contribution in [0.5, 0.6) is 0 Å². The number of anilines is 1. The summed E-state index contributed by atoms with van der Waals surface area (Å²) in [6, 6.07) is 16.2. The Labute approximate surface area is 171 Å². The van der Waals surface area contributed by atoms with Crippen molar-refractivity contribution < 1.29 is 4.79 Å². The lowest BCUT2D eigenvalue weighted by molar-refractivity contribution is -0.120. The first-order chi connectivity index (χ1) is 14.3. The third kappa shape index (κ3) is 5.09. The number of nitrogens with one attached hydrogen (secondary N) is 1. The van der Waals surface area contributed by atoms with Crippen LogP contribution in [0.3, 0.4) is 0 Å². The van der Waals surface area contributed by atoms with Crippen molar-refractivity contribution in [3.8, 4) is 0 Å². The van der Waals surface area contributed by atoms with E-state index in [1.165, 1.54) is 5.39 Å². The van der Waals surface area contributed by atoms with Gasteiger partial charge in [-0.25, -0.2) is 9.97 Å². The Morgan fingerprint density at radius 3 is 2.52 bits per heavy atom. The van der Waals surface area contributed by atoms with Gasteiger partial charge in [0.05, 0.1) is 6.42 Å². The van der Waals surface area contributed by atoms with Gasteiger partial charge < -0.3 is 10.2 Å². The summed E-state index contributed by atoms with van der Waals surface area (Å²) in [5.41, 5.74) is 1.08. The van der Waals surface area contributed by atoms with E-state index in [1.807, 2.05) is 30.3 Å². The van der Waals surface area contributed by atoms with Crippen LogP contribution >= 0.6 is 0 Å². The summed E-state index contributed by atoms with van der Waals surface area (Å²) in [6.45, 7) is 5.60. The standard InChI is InChI=1S/C23H27N5O/c29-22(18-20-8-3-7-19-6-1-2-9-21(19)20)24-12-5-13-27-14-16-28(17-15-27)23-25-10-4-11-26-23/h1-4,6-11H,5,12-18H2,(H,24,29). The molecule has 0 saturated carbocycles. The molecule has 1 N–H and O–H groups in total. The van der Waals surface area contributed by atoms with E-state index in [2.05, 4.69) is 43.3 Å². The van der Waals surface area contributed by atoms with Crippen molar-refractivity contribution in [1.29, 1.82) is 0 Å². The molecule has 0 atom stereocenters. The Hall–Kier alpha value is -2.99. The van der Waals surface area contributed by atoms with Crippen LogP contribution in [-0.2, 0) is 11.2 Å². The van der Waals surface area contributed by atoms with Gasteiger partial charge in [-0.3, -0.25) is 9.69 Å². The highest BCUT2D eigenvalue weighted by Crippen LogP contribution is 2.18. The largest absolute Gasteiger partial charge is 0.356 e. The Bertz CT molecular complexity index is 933. The highest BCUT2D eigenvalue weighted by atomic mass is 16.1. The fourth-order valence-electron chi connectivity index (χ4n) is 3.84. The maximum absolute atomic E-state index is 12.4. The molecule has 1 saturated heterocycles. The second-order valence-electron chi connectivity index (χ2n) is 7.40. The normalized spacial score (nSPS) is 14.8. The first kappa shape index (κ1) is 19.3. The Morgan fingerprint density at radius 2 is 1.69 bits per heavy atom. The number of benzene rings is 2. The average molecular weight is 390 g/mol. The maximum Gasteiger partial charge on any atom is 0.225 e. The van der Waals surface area contributed by atoms with E-state index < -0.39 is 0 Å². The highest BCUT2D eigenvalue weighted by Gasteiger charge is 2.18. The van der Waals surface area contributed by atoms with Gasteiger partial charge in [-0.05, 0) is 35.4 Å². The number of hydrogen-bond acceptors (Lipinski definition) is 5. The number of carbonyl (C=O) groups excluding carboxylic acids is 1. The lowest BCUT2D eigenvalue weighted by Crippen LogP contribution is -2.47. The lowest BCUT2D eigenvalue weighted by atomic mass is 10.0. The molecule has 1 aliphatic heterocycles. The summed E-state index contributed by atoms with van der Waals surface area (Å²) in [5.74, 6) is 0.903. The quantitative estimate of drug-likeness (QED) is 0.629. The molecule has 29 heavy (non-hydrogen) atoms. The minimum atomic E-state index is 0.0902. The second kappa shape index (κ2) is 9.47. The minimum Gasteiger partial charge on any atom is -0.356 e. The van der Waals surface area contributed by atoms with Crippen molar-refractivity contribution in [1.82, 2.24) is 20.2 Å². The zero-order valence-electron chi connectivity index (χ0n) is 16.6. The average Bonchev–Trinajstić information content (AvgIpc) is 2.78. The SMILES string of the molecule is O=C(Cc1cccc2ccccc12)NCCCN1CCN(c2ncccn2)CC1. The molecule has 0 bridgehead atoms. The number of amides is 1. The first-order valence-corrected chi connectivity index (χ1v) is 10.3. The van der Waals surface area contributed by atoms with Crippen molar-refractivity contribution in [2.45, 2.75) is 12.8 Å². The van der Waals surface area contributed by atoms with Crippen LogP contribution in [0.25, 0.3) is 10.8 Å². The second-order valence-corrected chi connectivity index (χ2v) is 7.40. The van der Waals surface area contributed by atoms with Gasteiger partial charge in [-0.1, -0.05) is 42.5 Å². The molecule has 6 nitrogen and oxygen atoms in total. The van der Waals surface area contributed by atoms with E-state index in [1.54, 1.807) is 12.4 Å². The van der Waals surface area contributed by atoms with Gasteiger partial charge >= 0.3 is 0 Å². The molecule has 2 aromatic carbocycles. The lowest BCUT2D eigenvalue weighted by Gasteiger charge is -2.34. The molecular formula is C23H27N5O. The molecule has 3 aromatic rings. The van der Waals surface area contributed by atoms with Crippen LogP contribution in [0.1, 0.15) is 12.0 Å². The third-order valence-corrected chi connectivity index (χ3v) is 5.41. The smallest absolute Gasteiger partial charge is 0.225 e. The number of hydrogen-bond donors (Lipinski definition) is 1. The maximum atomic E-state index is 12.4. The topological polar surface area (TPSA) is 61.4 Å². The molecule has 0 unspecified atom stereocenters. The Morgan fingerprint density at radius 1 is 0.931 bits per heavy atom. The Kier molecular flexibility index (Phi) is 6.32. The number of carbonyl (C=O) groups is 1. The molecule has 0 spiro atoms. The van der Waals surface area contributed by atoms with Crippen molar-refractivity contribution in [2.75, 3.05) is 44.2 Å². The van der Waals surface area contributed by atoms with Crippen molar-refractivity contribution in [3.05, 3.63) is 66.5 Å². The van der Waals surface area contributed by atoms with E-state index in [0.717, 1.165) is 56.0 Å². The number of aromatic nitrogens is 2. The molecule has 150 valence electrons. The summed E-state index contributed by atoms with van der Waals surface area (Å²) >= 11 is 0. The summed E-state index contributed by atoms with van der Waals surface area (Å²) < 4.78 is 0. The van der Waals surface area contributed by atoms with Gasteiger partial charge in [-0.15, -0.1) is 0 Å². The summed E-state index contributed by atoms with van der Waals surface area (Å²) in [6.07, 6.45) is 4.96. The van der Waals surface area contributed by atoms with Crippen molar-refractivity contribution in [2.24, 2.45) is 0 Å². The highest BCUT2D eigenvalue weighted by molar-refractivity contribution is 5.90. The van der Waals surface area contributed by atoms with Gasteiger partial charge in [0, 0.05) is 45.1 Å². The van der Waals surface area contributed by atoms with E-state index in [-0.39, 0.29) is 5.91 Å². The van der Waals surface area contributed by atoms with Gasteiger partial charge in [0.1, 0.15) is 0 Å². The predicted octanol–water partition coefficient (Wildman–Crippen LogP) is 2.50. The molecule has 4 rings (SSSR count). The summed E-state index contributed by atoms with van der Waals surface area (Å²) in [4.78, 5) is 25.7. The zero-order valence-corrected chi connectivity index (χ0v) is 16.6. The summed E-state index contributed by atoms with van der Waals surface area (Å²) in [7, 11) is 0. The number of nitrogens with zero attached hydrogens (tertiary/aromatic N) is 4. The number of piperazine rings is 1. The van der Waals surface area contributed by atoms with Crippen LogP contribution in [-0.4, -0.2) is 60.0 Å². The van der Waals surface area contributed by atoms with Gasteiger partial charge in [0.15, 0.2) is 0 Å². The van der Waals surface area contributed by atoms with Crippen molar-refractivity contribution >= 4 is 22.6 Å². The van der Waals surface area contributed by atoms with Crippen molar-refractivity contribution in [3.63, 3.8) is 0 Å². The molecule has 0 radical (unpaired) electrons. The van der Waals surface area contributed by atoms with E-state index in [9.17, 15) is 4.79 Å². The van der Waals surface area contributed by atoms with Crippen LogP contribution in [0, 0.1) is 0 Å². The molecule has 1 aromatic heterocycles. The van der Waals surface area contributed by atoms with Crippen LogP contribution in [0.2, 0.25) is 0 Å². The van der Waals surface area contributed by atoms with Crippen LogP contribution in [0.15, 0.2) is 60.9 Å². The third-order valence-electron chi connectivity index (χ3n) is 5.41. The molecule has 0 aliphatic carbocycles. The van der Waals surface area contributed by atoms with Crippen LogP contribution < -0.4 is 10.2 Å². The summed E-state index contributed by atoms with van der Waals surface area (Å²) in [5, 5.41) is 5.41. The van der Waals surface area contributed by atoms with Gasteiger partial charge in [-0.2, -0.15) is 0 Å². The Balaban J connectivity index is 1.17. The monoisotopic (exact) mass is 389 g/mol. The van der Waals surface area contributed by atoms with E-state index in [4.69, 9.17) is 0 Å². The number of fused-ring (bicyclic) bond motifs is 1. The molecule has 6 heteroatoms. The first-order valence-electron chi connectivity index (χ1n) is 10.3. The molecule has 1 aliphatic rings. The fraction of sp³-hybridized carbons (Fsp3) is 0.348. The molecular weight excluding hydrogens is 362 g/mol. The van der Waals surface area contributed by atoms with E-state index >= 15 is 0 Å².